The number of piperidine rings is 1. The summed E-state index contributed by atoms with van der Waals surface area (Å²) < 4.78 is 0. The number of hydrogen-bond acceptors (Lipinski definition) is 2. The molecule has 2 heteroatoms. The Bertz CT molecular complexity index is 171. The quantitative estimate of drug-likeness (QED) is 0.675. The van der Waals surface area contributed by atoms with Crippen molar-refractivity contribution in [1.29, 1.82) is 0 Å². The standard InChI is InChI=1S/C12H23NO/c1-11(2)10-12(14)6-9-13-7-4-3-5-8-13/h11H,3-10H2,1-2H3. The lowest BCUT2D eigenvalue weighted by atomic mass is 10.0. The topological polar surface area (TPSA) is 20.3 Å². The predicted octanol–water partition coefficient (Wildman–Crippen LogP) is 2.48. The molecule has 0 aliphatic carbocycles. The molecule has 0 aromatic carbocycles. The zero-order valence-corrected chi connectivity index (χ0v) is 9.59. The molecule has 1 heterocycles. The van der Waals surface area contributed by atoms with E-state index in [-0.39, 0.29) is 0 Å². The highest BCUT2D eigenvalue weighted by Gasteiger charge is 2.12. The molecular weight excluding hydrogens is 174 g/mol. The monoisotopic (exact) mass is 197 g/mol. The van der Waals surface area contributed by atoms with Crippen molar-refractivity contribution < 1.29 is 4.79 Å². The number of hydrogen-bond donors (Lipinski definition) is 0. The average molecular weight is 197 g/mol. The molecule has 0 atom stereocenters. The Morgan fingerprint density at radius 3 is 2.43 bits per heavy atom. The molecule has 0 N–H and O–H groups in total. The molecule has 0 saturated carbocycles. The largest absolute Gasteiger partial charge is 0.303 e. The number of carbonyl (C=O) groups excluding carboxylic acids is 1. The van der Waals surface area contributed by atoms with Crippen molar-refractivity contribution in [2.24, 2.45) is 5.92 Å². The van der Waals surface area contributed by atoms with Crippen molar-refractivity contribution in [3.05, 3.63) is 0 Å². The molecule has 0 bridgehead atoms. The highest BCUT2D eigenvalue weighted by atomic mass is 16.1. The van der Waals surface area contributed by atoms with E-state index in [0.29, 0.717) is 11.7 Å². The maximum Gasteiger partial charge on any atom is 0.134 e. The predicted molar refractivity (Wildman–Crippen MR) is 59.4 cm³/mol. The van der Waals surface area contributed by atoms with Crippen LogP contribution < -0.4 is 0 Å². The minimum Gasteiger partial charge on any atom is -0.303 e. The number of likely N-dealkylation sites (tertiary alicyclic amines) is 1. The van der Waals surface area contributed by atoms with Gasteiger partial charge in [-0.1, -0.05) is 20.3 Å². The molecule has 1 rings (SSSR count). The first kappa shape index (κ1) is 11.7. The van der Waals surface area contributed by atoms with E-state index in [2.05, 4.69) is 18.7 Å². The second-order valence-electron chi connectivity index (χ2n) is 4.79. The van der Waals surface area contributed by atoms with Crippen molar-refractivity contribution in [3.63, 3.8) is 0 Å². The highest BCUT2D eigenvalue weighted by molar-refractivity contribution is 5.78. The average Bonchev–Trinajstić information content (AvgIpc) is 2.15. The number of carbonyl (C=O) groups is 1. The van der Waals surface area contributed by atoms with Gasteiger partial charge < -0.3 is 4.90 Å². The molecule has 0 radical (unpaired) electrons. The lowest BCUT2D eigenvalue weighted by molar-refractivity contribution is -0.120. The fourth-order valence-electron chi connectivity index (χ4n) is 2.02. The Hall–Kier alpha value is -0.370. The Labute approximate surface area is 87.7 Å². The van der Waals surface area contributed by atoms with Crippen LogP contribution in [0.1, 0.15) is 46.0 Å². The van der Waals surface area contributed by atoms with E-state index < -0.39 is 0 Å². The number of Topliss-reactive ketones (excluding diaryl/α,β-unsaturated/α-hetero) is 1. The minimum absolute atomic E-state index is 0.436. The summed E-state index contributed by atoms with van der Waals surface area (Å²) in [6, 6.07) is 0. The summed E-state index contributed by atoms with van der Waals surface area (Å²) in [6.45, 7) is 7.62. The fraction of sp³-hybridized carbons (Fsp3) is 0.917. The molecule has 0 aromatic rings. The zero-order valence-electron chi connectivity index (χ0n) is 9.59. The second kappa shape index (κ2) is 6.18. The van der Waals surface area contributed by atoms with Gasteiger partial charge in [0.1, 0.15) is 5.78 Å². The van der Waals surface area contributed by atoms with Crippen LogP contribution in [0, 0.1) is 5.92 Å². The molecule has 2 nitrogen and oxygen atoms in total. The van der Waals surface area contributed by atoms with Gasteiger partial charge in [0, 0.05) is 19.4 Å². The van der Waals surface area contributed by atoms with Crippen molar-refractivity contribution >= 4 is 5.78 Å². The van der Waals surface area contributed by atoms with Gasteiger partial charge >= 0.3 is 0 Å². The maximum absolute atomic E-state index is 11.5. The van der Waals surface area contributed by atoms with Crippen LogP contribution in [0.3, 0.4) is 0 Å². The Morgan fingerprint density at radius 1 is 1.21 bits per heavy atom. The van der Waals surface area contributed by atoms with Crippen LogP contribution in [0.5, 0.6) is 0 Å². The van der Waals surface area contributed by atoms with E-state index in [1.807, 2.05) is 0 Å². The van der Waals surface area contributed by atoms with Crippen molar-refractivity contribution in [2.75, 3.05) is 19.6 Å². The molecule has 1 saturated heterocycles. The van der Waals surface area contributed by atoms with Gasteiger partial charge in [-0.3, -0.25) is 4.79 Å². The van der Waals surface area contributed by atoms with Crippen LogP contribution in [-0.4, -0.2) is 30.3 Å². The molecular formula is C12H23NO. The van der Waals surface area contributed by atoms with Crippen molar-refractivity contribution in [2.45, 2.75) is 46.0 Å². The van der Waals surface area contributed by atoms with Gasteiger partial charge in [0.25, 0.3) is 0 Å². The second-order valence-corrected chi connectivity index (χ2v) is 4.79. The van der Waals surface area contributed by atoms with Crippen LogP contribution in [0.2, 0.25) is 0 Å². The molecule has 1 fully saturated rings. The van der Waals surface area contributed by atoms with E-state index in [4.69, 9.17) is 0 Å². The highest BCUT2D eigenvalue weighted by Crippen LogP contribution is 2.10. The summed E-state index contributed by atoms with van der Waals surface area (Å²) in [4.78, 5) is 13.9. The third-order valence-electron chi connectivity index (χ3n) is 2.79. The van der Waals surface area contributed by atoms with Gasteiger partial charge in [-0.15, -0.1) is 0 Å². The van der Waals surface area contributed by atoms with Crippen molar-refractivity contribution in [3.8, 4) is 0 Å². The third kappa shape index (κ3) is 4.75. The molecule has 1 aliphatic heterocycles. The first-order chi connectivity index (χ1) is 6.68. The Kier molecular flexibility index (Phi) is 5.16. The van der Waals surface area contributed by atoms with E-state index in [1.54, 1.807) is 0 Å². The lowest BCUT2D eigenvalue weighted by Gasteiger charge is -2.26. The van der Waals surface area contributed by atoms with E-state index in [9.17, 15) is 4.79 Å². The zero-order chi connectivity index (χ0) is 10.4. The molecule has 1 aliphatic rings. The van der Waals surface area contributed by atoms with Crippen LogP contribution in [0.25, 0.3) is 0 Å². The number of nitrogens with zero attached hydrogens (tertiary/aromatic N) is 1. The summed E-state index contributed by atoms with van der Waals surface area (Å²) in [6.07, 6.45) is 5.53. The van der Waals surface area contributed by atoms with Gasteiger partial charge in [-0.05, 0) is 31.8 Å². The summed E-state index contributed by atoms with van der Waals surface area (Å²) in [5, 5.41) is 0. The number of rotatable bonds is 5. The van der Waals surface area contributed by atoms with Gasteiger partial charge in [0.05, 0.1) is 0 Å². The van der Waals surface area contributed by atoms with Crippen LogP contribution in [-0.2, 0) is 4.79 Å². The normalized spacial score (nSPS) is 18.8. The van der Waals surface area contributed by atoms with Gasteiger partial charge in [0.15, 0.2) is 0 Å². The molecule has 0 aromatic heterocycles. The summed E-state index contributed by atoms with van der Waals surface area (Å²) in [5.41, 5.74) is 0. The molecule has 0 amide bonds. The molecule has 0 unspecified atom stereocenters. The SMILES string of the molecule is CC(C)CC(=O)CCN1CCCCC1. The fourth-order valence-corrected chi connectivity index (χ4v) is 2.02. The van der Waals surface area contributed by atoms with Crippen LogP contribution >= 0.6 is 0 Å². The van der Waals surface area contributed by atoms with Crippen LogP contribution in [0.4, 0.5) is 0 Å². The Morgan fingerprint density at radius 2 is 1.86 bits per heavy atom. The van der Waals surface area contributed by atoms with Crippen LogP contribution in [0.15, 0.2) is 0 Å². The number of ketones is 1. The summed E-state index contributed by atoms with van der Waals surface area (Å²) in [5.74, 6) is 0.953. The van der Waals surface area contributed by atoms with E-state index >= 15 is 0 Å². The van der Waals surface area contributed by atoms with Crippen molar-refractivity contribution in [1.82, 2.24) is 4.90 Å². The minimum atomic E-state index is 0.436. The summed E-state index contributed by atoms with van der Waals surface area (Å²) in [7, 11) is 0. The third-order valence-corrected chi connectivity index (χ3v) is 2.79. The first-order valence-electron chi connectivity index (χ1n) is 5.92. The lowest BCUT2D eigenvalue weighted by Crippen LogP contribution is -2.31. The van der Waals surface area contributed by atoms with Gasteiger partial charge in [0.2, 0.25) is 0 Å². The van der Waals surface area contributed by atoms with E-state index in [1.165, 1.54) is 32.4 Å². The van der Waals surface area contributed by atoms with Gasteiger partial charge in [-0.25, -0.2) is 0 Å². The Balaban J connectivity index is 2.09. The molecule has 82 valence electrons. The maximum atomic E-state index is 11.5. The first-order valence-corrected chi connectivity index (χ1v) is 5.92. The molecule has 14 heavy (non-hydrogen) atoms. The summed E-state index contributed by atoms with van der Waals surface area (Å²) >= 11 is 0. The smallest absolute Gasteiger partial charge is 0.134 e. The van der Waals surface area contributed by atoms with Gasteiger partial charge in [-0.2, -0.15) is 0 Å². The van der Waals surface area contributed by atoms with E-state index in [0.717, 1.165) is 19.4 Å². The molecule has 0 spiro atoms.